The van der Waals surface area contributed by atoms with Crippen molar-refractivity contribution in [1.82, 2.24) is 10.2 Å². The molecular weight excluding hydrogens is 463 g/mol. The molecule has 1 unspecified atom stereocenters. The van der Waals surface area contributed by atoms with Crippen LogP contribution in [0, 0.1) is 0 Å². The molecular formula is C15H19IN2O8. The zero-order chi connectivity index (χ0) is 19.9. The number of alkyl halides is 1. The summed E-state index contributed by atoms with van der Waals surface area (Å²) in [6.45, 7) is -0.0167. The molecule has 1 heterocycles. The molecule has 26 heavy (non-hydrogen) atoms. The summed E-state index contributed by atoms with van der Waals surface area (Å²) in [7, 11) is 0. The third-order valence-corrected chi connectivity index (χ3v) is 4.66. The van der Waals surface area contributed by atoms with Gasteiger partial charge in [0.15, 0.2) is 5.54 Å². The van der Waals surface area contributed by atoms with Crippen LogP contribution in [-0.2, 0) is 28.8 Å². The van der Waals surface area contributed by atoms with Crippen molar-refractivity contribution in [1.29, 1.82) is 0 Å². The minimum atomic E-state index is -2.23. The van der Waals surface area contributed by atoms with Crippen molar-refractivity contribution >= 4 is 58.0 Å². The molecule has 0 spiro atoms. The van der Waals surface area contributed by atoms with Crippen molar-refractivity contribution in [2.24, 2.45) is 0 Å². The molecule has 0 saturated carbocycles. The van der Waals surface area contributed by atoms with E-state index in [0.29, 0.717) is 4.90 Å². The zero-order valence-electron chi connectivity index (χ0n) is 13.8. The lowest BCUT2D eigenvalue weighted by Crippen LogP contribution is -2.58. The van der Waals surface area contributed by atoms with Gasteiger partial charge in [0.05, 0.1) is 4.43 Å². The molecule has 0 aliphatic carbocycles. The molecule has 1 aliphatic rings. The molecule has 0 aromatic rings. The minimum Gasteiger partial charge on any atom is -0.481 e. The highest BCUT2D eigenvalue weighted by atomic mass is 127. The van der Waals surface area contributed by atoms with Crippen LogP contribution in [0.4, 0.5) is 0 Å². The number of ketones is 1. The molecule has 1 fully saturated rings. The van der Waals surface area contributed by atoms with E-state index in [0.717, 1.165) is 0 Å². The maximum atomic E-state index is 12.2. The van der Waals surface area contributed by atoms with Gasteiger partial charge in [0.25, 0.3) is 0 Å². The quantitative estimate of drug-likeness (QED) is 0.206. The number of hydrogen-bond acceptors (Lipinski definition) is 6. The molecule has 1 atom stereocenters. The first-order valence-corrected chi connectivity index (χ1v) is 9.32. The van der Waals surface area contributed by atoms with E-state index in [1.807, 2.05) is 22.6 Å². The fourth-order valence-corrected chi connectivity index (χ4v) is 3.00. The largest absolute Gasteiger partial charge is 0.481 e. The molecule has 0 aromatic heterocycles. The molecule has 144 valence electrons. The highest BCUT2D eigenvalue weighted by Crippen LogP contribution is 2.32. The molecule has 0 radical (unpaired) electrons. The smallest absolute Gasteiger partial charge is 0.330 e. The number of imide groups is 1. The van der Waals surface area contributed by atoms with Crippen molar-refractivity contribution in [2.45, 2.75) is 44.1 Å². The predicted molar refractivity (Wildman–Crippen MR) is 94.5 cm³/mol. The number of carboxylic acids is 2. The van der Waals surface area contributed by atoms with E-state index in [1.165, 1.54) is 0 Å². The number of carbonyl (C=O) groups is 6. The molecule has 11 heteroatoms. The number of hydrogen-bond donors (Lipinski definition) is 3. The molecule has 10 nitrogen and oxygen atoms in total. The third-order valence-electron chi connectivity index (χ3n) is 3.97. The fraction of sp³-hybridized carbons (Fsp3) is 0.600. The van der Waals surface area contributed by atoms with E-state index in [4.69, 9.17) is 5.11 Å². The Labute approximate surface area is 162 Å². The van der Waals surface area contributed by atoms with Crippen LogP contribution in [0.25, 0.3) is 0 Å². The Kier molecular flexibility index (Phi) is 8.11. The number of halogens is 1. The van der Waals surface area contributed by atoms with E-state index in [2.05, 4.69) is 5.32 Å². The Morgan fingerprint density at radius 3 is 2.12 bits per heavy atom. The number of likely N-dealkylation sites (tertiary alicyclic amines) is 1. The number of nitrogens with one attached hydrogen (secondary N) is 1. The average molecular weight is 482 g/mol. The average Bonchev–Trinajstić information content (AvgIpc) is 2.90. The highest BCUT2D eigenvalue weighted by Gasteiger charge is 2.52. The van der Waals surface area contributed by atoms with Crippen LogP contribution in [0.3, 0.4) is 0 Å². The van der Waals surface area contributed by atoms with Crippen molar-refractivity contribution in [3.63, 3.8) is 0 Å². The van der Waals surface area contributed by atoms with E-state index >= 15 is 0 Å². The summed E-state index contributed by atoms with van der Waals surface area (Å²) in [6, 6.07) is 0. The first kappa shape index (κ1) is 22.0. The molecule has 3 N–H and O–H groups in total. The van der Waals surface area contributed by atoms with Gasteiger partial charge in [0.2, 0.25) is 17.7 Å². The summed E-state index contributed by atoms with van der Waals surface area (Å²) < 4.78 is 0.195. The lowest BCUT2D eigenvalue weighted by Gasteiger charge is -2.36. The summed E-state index contributed by atoms with van der Waals surface area (Å²) in [5.41, 5.74) is -2.23. The first-order valence-electron chi connectivity index (χ1n) is 7.79. The van der Waals surface area contributed by atoms with Crippen LogP contribution < -0.4 is 5.32 Å². The van der Waals surface area contributed by atoms with Crippen molar-refractivity contribution in [2.75, 3.05) is 11.0 Å². The Morgan fingerprint density at radius 2 is 1.65 bits per heavy atom. The van der Waals surface area contributed by atoms with E-state index in [-0.39, 0.29) is 36.1 Å². The number of rotatable bonds is 11. The number of nitrogens with zero attached hydrogens (tertiary/aromatic N) is 1. The summed E-state index contributed by atoms with van der Waals surface area (Å²) >= 11 is 1.84. The Bertz CT molecular complexity index is 619. The molecule has 1 saturated heterocycles. The topological polar surface area (TPSA) is 158 Å². The van der Waals surface area contributed by atoms with Gasteiger partial charge >= 0.3 is 11.9 Å². The van der Waals surface area contributed by atoms with Crippen molar-refractivity contribution < 1.29 is 39.0 Å². The summed E-state index contributed by atoms with van der Waals surface area (Å²) in [4.78, 5) is 70.8. The highest BCUT2D eigenvalue weighted by molar-refractivity contribution is 14.1. The van der Waals surface area contributed by atoms with Gasteiger partial charge < -0.3 is 15.5 Å². The molecule has 3 amide bonds. The lowest BCUT2D eigenvalue weighted by molar-refractivity contribution is -0.166. The second-order valence-corrected chi connectivity index (χ2v) is 6.57. The summed E-state index contributed by atoms with van der Waals surface area (Å²) in [5.74, 6) is -5.29. The van der Waals surface area contributed by atoms with Gasteiger partial charge in [0.1, 0.15) is 5.78 Å². The van der Waals surface area contributed by atoms with Gasteiger partial charge in [-0.2, -0.15) is 0 Å². The number of amides is 3. The molecule has 0 aromatic carbocycles. The Balaban J connectivity index is 3.02. The monoisotopic (exact) mass is 482 g/mol. The second-order valence-electron chi connectivity index (χ2n) is 5.80. The van der Waals surface area contributed by atoms with E-state index in [9.17, 15) is 33.9 Å². The predicted octanol–water partition coefficient (Wildman–Crippen LogP) is -0.276. The maximum Gasteiger partial charge on any atom is 0.330 e. The molecule has 0 bridgehead atoms. The van der Waals surface area contributed by atoms with Gasteiger partial charge in [-0.25, -0.2) is 4.79 Å². The van der Waals surface area contributed by atoms with Gasteiger partial charge in [0, 0.05) is 38.6 Å². The second kappa shape index (κ2) is 9.59. The Morgan fingerprint density at radius 1 is 1.08 bits per heavy atom. The summed E-state index contributed by atoms with van der Waals surface area (Å²) in [6.07, 6.45) is -2.45. The van der Waals surface area contributed by atoms with Gasteiger partial charge in [-0.1, -0.05) is 22.6 Å². The van der Waals surface area contributed by atoms with Crippen molar-refractivity contribution in [3.05, 3.63) is 0 Å². The first-order chi connectivity index (χ1) is 12.1. The maximum absolute atomic E-state index is 12.2. The van der Waals surface area contributed by atoms with Crippen LogP contribution in [0.5, 0.6) is 0 Å². The number of carbonyl (C=O) groups excluding carboxylic acids is 4. The molecule has 1 rings (SSSR count). The molecule has 1 aliphatic heterocycles. The third kappa shape index (κ3) is 5.47. The van der Waals surface area contributed by atoms with Crippen molar-refractivity contribution in [3.8, 4) is 0 Å². The van der Waals surface area contributed by atoms with Crippen LogP contribution >= 0.6 is 22.6 Å². The van der Waals surface area contributed by atoms with Gasteiger partial charge in [-0.3, -0.25) is 28.9 Å². The fourth-order valence-electron chi connectivity index (χ4n) is 2.73. The van der Waals surface area contributed by atoms with Crippen LogP contribution in [0.2, 0.25) is 0 Å². The van der Waals surface area contributed by atoms with E-state index in [1.54, 1.807) is 0 Å². The number of aliphatic carboxylic acids is 2. The van der Waals surface area contributed by atoms with Crippen LogP contribution in [-0.4, -0.2) is 67.1 Å². The van der Waals surface area contributed by atoms with Crippen LogP contribution in [0.1, 0.15) is 38.5 Å². The lowest BCUT2D eigenvalue weighted by atomic mass is 9.85. The van der Waals surface area contributed by atoms with Gasteiger partial charge in [-0.15, -0.1) is 0 Å². The number of Topliss-reactive ketones (excluding diaryl/α,β-unsaturated/α-hetero) is 1. The standard InChI is InChI=1S/C15H19IN2O8/c16-8-10(20)17-6-4-9(19)7-15(14(25)26,5-3-13(23)24)18-11(21)1-2-12(18)22/h1-8H2,(H,17,20)(H,23,24)(H,25,26). The van der Waals surface area contributed by atoms with Crippen LogP contribution in [0.15, 0.2) is 0 Å². The number of carboxylic acid groups (broad SMARTS) is 2. The summed E-state index contributed by atoms with van der Waals surface area (Å²) in [5, 5.41) is 21.0. The normalized spacial score (nSPS) is 16.3. The van der Waals surface area contributed by atoms with Gasteiger partial charge in [-0.05, 0) is 6.42 Å². The Hall–Kier alpha value is -2.05. The van der Waals surface area contributed by atoms with E-state index < -0.39 is 54.3 Å². The minimum absolute atomic E-state index is 0.0167. The SMILES string of the molecule is O=C(O)CCC(CC(=O)CCNC(=O)CI)(C(=O)O)N1C(=O)CCC1=O. The zero-order valence-corrected chi connectivity index (χ0v) is 16.0.